The first-order chi connectivity index (χ1) is 28.4. The van der Waals surface area contributed by atoms with Crippen LogP contribution < -0.4 is 26.2 Å². The number of anilines is 6. The van der Waals surface area contributed by atoms with Crippen LogP contribution in [0.25, 0.3) is 0 Å². The largest absolute Gasteiger partial charge is 0.311 e. The summed E-state index contributed by atoms with van der Waals surface area (Å²) in [6.07, 6.45) is 3.32. The molecule has 4 aliphatic rings. The standard InChI is InChI=1S/C56H69BN2/c1-33-24-48-50-49(25-33)59(45-30-40-38(26-35(45)3)53(10,11)22-23-54(40,12)13)47-31-41-39(55(14,15)32-56(41,16)17)29-43(47)57(50)42-21-20-37(52(7,8)9)28-46(42)58(48)44-27-36(51(4,5)6)19-18-34(44)2/h18-21,24-31H,22-23,32H2,1-17H3/i1D3. The predicted molar refractivity (Wildman–Crippen MR) is 258 cm³/mol. The molecule has 0 bridgehead atoms. The fourth-order valence-electron chi connectivity index (χ4n) is 11.7. The Kier molecular flexibility index (Phi) is 7.71. The molecule has 2 aliphatic carbocycles. The first-order valence-corrected chi connectivity index (χ1v) is 22.3. The first-order valence-electron chi connectivity index (χ1n) is 23.8. The van der Waals surface area contributed by atoms with Crippen LogP contribution >= 0.6 is 0 Å². The maximum atomic E-state index is 9.09. The molecule has 0 saturated carbocycles. The monoisotopic (exact) mass is 784 g/mol. The number of nitrogens with zero attached hydrogens (tertiary/aromatic N) is 2. The van der Waals surface area contributed by atoms with Crippen molar-refractivity contribution in [3.63, 3.8) is 0 Å². The molecule has 0 fully saturated rings. The lowest BCUT2D eigenvalue weighted by molar-refractivity contribution is 0.332. The summed E-state index contributed by atoms with van der Waals surface area (Å²) in [6.45, 7) is 35.0. The number of benzene rings is 5. The minimum atomic E-state index is -2.34. The van der Waals surface area contributed by atoms with E-state index < -0.39 is 6.85 Å². The van der Waals surface area contributed by atoms with Gasteiger partial charge in [-0.2, -0.15) is 0 Å². The Labute approximate surface area is 362 Å². The summed E-state index contributed by atoms with van der Waals surface area (Å²) < 4.78 is 27.3. The molecule has 0 unspecified atom stereocenters. The molecule has 0 amide bonds. The minimum absolute atomic E-state index is 0.00549. The Morgan fingerprint density at radius 3 is 1.51 bits per heavy atom. The summed E-state index contributed by atoms with van der Waals surface area (Å²) in [6, 6.07) is 28.1. The van der Waals surface area contributed by atoms with E-state index in [1.165, 1.54) is 61.0 Å². The van der Waals surface area contributed by atoms with Crippen LogP contribution in [0.5, 0.6) is 0 Å². The topological polar surface area (TPSA) is 6.48 Å². The maximum Gasteiger partial charge on any atom is 0.252 e. The van der Waals surface area contributed by atoms with Gasteiger partial charge in [0, 0.05) is 38.2 Å². The minimum Gasteiger partial charge on any atom is -0.311 e. The van der Waals surface area contributed by atoms with E-state index in [0.717, 1.165) is 53.3 Å². The second-order valence-corrected chi connectivity index (χ2v) is 23.7. The fourth-order valence-corrected chi connectivity index (χ4v) is 11.7. The molecule has 306 valence electrons. The summed E-state index contributed by atoms with van der Waals surface area (Å²) in [7, 11) is 0. The number of hydrogen-bond acceptors (Lipinski definition) is 2. The van der Waals surface area contributed by atoms with Gasteiger partial charge in [0.25, 0.3) is 6.71 Å². The predicted octanol–water partition coefficient (Wildman–Crippen LogP) is 13.6. The Morgan fingerprint density at radius 2 is 0.949 bits per heavy atom. The van der Waals surface area contributed by atoms with Gasteiger partial charge < -0.3 is 9.80 Å². The van der Waals surface area contributed by atoms with Crippen LogP contribution in [0, 0.1) is 20.7 Å². The highest BCUT2D eigenvalue weighted by molar-refractivity contribution is 7.00. The van der Waals surface area contributed by atoms with Gasteiger partial charge in [-0.3, -0.25) is 0 Å². The zero-order chi connectivity index (χ0) is 45.2. The van der Waals surface area contributed by atoms with Crippen molar-refractivity contribution < 1.29 is 4.11 Å². The third-order valence-electron chi connectivity index (χ3n) is 15.1. The zero-order valence-corrected chi connectivity index (χ0v) is 39.0. The highest BCUT2D eigenvalue weighted by Crippen LogP contribution is 2.55. The van der Waals surface area contributed by atoms with E-state index in [-0.39, 0.29) is 39.2 Å². The Hall–Kier alpha value is -4.24. The molecule has 5 aromatic carbocycles. The van der Waals surface area contributed by atoms with Crippen LogP contribution in [0.4, 0.5) is 34.1 Å². The number of aryl methyl sites for hydroxylation is 3. The van der Waals surface area contributed by atoms with E-state index >= 15 is 0 Å². The molecule has 0 atom stereocenters. The van der Waals surface area contributed by atoms with Crippen molar-refractivity contribution in [2.24, 2.45) is 0 Å². The lowest BCUT2D eigenvalue weighted by Crippen LogP contribution is -2.61. The average Bonchev–Trinajstić information content (AvgIpc) is 3.33. The molecule has 2 nitrogen and oxygen atoms in total. The van der Waals surface area contributed by atoms with Gasteiger partial charge >= 0.3 is 0 Å². The highest BCUT2D eigenvalue weighted by Gasteiger charge is 2.49. The Bertz CT molecular complexity index is 2720. The molecule has 59 heavy (non-hydrogen) atoms. The lowest BCUT2D eigenvalue weighted by Gasteiger charge is -2.47. The first kappa shape index (κ1) is 36.6. The van der Waals surface area contributed by atoms with Gasteiger partial charge in [-0.1, -0.05) is 133 Å². The van der Waals surface area contributed by atoms with E-state index in [4.69, 9.17) is 4.11 Å². The van der Waals surface area contributed by atoms with Crippen molar-refractivity contribution in [1.29, 1.82) is 0 Å². The third-order valence-corrected chi connectivity index (χ3v) is 15.1. The molecule has 0 saturated heterocycles. The van der Waals surface area contributed by atoms with E-state index in [1.54, 1.807) is 0 Å². The molecule has 9 rings (SSSR count). The van der Waals surface area contributed by atoms with Gasteiger partial charge in [-0.05, 0) is 175 Å². The van der Waals surface area contributed by atoms with Gasteiger partial charge in [0.05, 0.1) is 0 Å². The van der Waals surface area contributed by atoms with Crippen molar-refractivity contribution >= 4 is 57.2 Å². The van der Waals surface area contributed by atoms with Gasteiger partial charge in [-0.15, -0.1) is 0 Å². The van der Waals surface area contributed by atoms with E-state index in [9.17, 15) is 0 Å². The van der Waals surface area contributed by atoms with Crippen molar-refractivity contribution in [2.75, 3.05) is 9.80 Å². The Balaban J connectivity index is 1.47. The van der Waals surface area contributed by atoms with Crippen LogP contribution in [0.3, 0.4) is 0 Å². The smallest absolute Gasteiger partial charge is 0.252 e. The highest BCUT2D eigenvalue weighted by atomic mass is 15.2. The summed E-state index contributed by atoms with van der Waals surface area (Å²) in [5.74, 6) is 0. The molecule has 0 aromatic heterocycles. The van der Waals surface area contributed by atoms with E-state index in [0.29, 0.717) is 5.56 Å². The van der Waals surface area contributed by atoms with Gasteiger partial charge in [0.15, 0.2) is 0 Å². The summed E-state index contributed by atoms with van der Waals surface area (Å²) >= 11 is 0. The molecule has 0 N–H and O–H groups in total. The quantitative estimate of drug-likeness (QED) is 0.161. The molecular formula is C56H69BN2. The lowest BCUT2D eigenvalue weighted by atomic mass is 9.33. The van der Waals surface area contributed by atoms with Crippen molar-refractivity contribution in [3.8, 4) is 0 Å². The van der Waals surface area contributed by atoms with Crippen molar-refractivity contribution in [2.45, 2.75) is 169 Å². The third kappa shape index (κ3) is 6.01. The van der Waals surface area contributed by atoms with Gasteiger partial charge in [-0.25, -0.2) is 0 Å². The summed E-state index contributed by atoms with van der Waals surface area (Å²) in [5.41, 5.74) is 20.9. The van der Waals surface area contributed by atoms with Crippen molar-refractivity contribution in [3.05, 3.63) is 123 Å². The van der Waals surface area contributed by atoms with Crippen LogP contribution in [0.2, 0.25) is 0 Å². The SMILES string of the molecule is [2H]C([2H])([2H])c1cc2c3c(c1)N(c1cc4c(cc1C)C(C)(C)CCC4(C)C)c1cc4c(cc1B3c1ccc(C(C)(C)C)cc1N2c1cc(C(C)(C)C)ccc1C)C(C)(C)CC4(C)C. The van der Waals surface area contributed by atoms with Gasteiger partial charge in [0.1, 0.15) is 0 Å². The average molecular weight is 784 g/mol. The summed E-state index contributed by atoms with van der Waals surface area (Å²) in [4.78, 5) is 4.94. The van der Waals surface area contributed by atoms with Gasteiger partial charge in [0.2, 0.25) is 0 Å². The molecule has 5 aromatic rings. The Morgan fingerprint density at radius 1 is 0.492 bits per heavy atom. The second kappa shape index (κ2) is 12.4. The maximum absolute atomic E-state index is 9.09. The van der Waals surface area contributed by atoms with Crippen LogP contribution in [-0.2, 0) is 32.5 Å². The second-order valence-electron chi connectivity index (χ2n) is 23.7. The van der Waals surface area contributed by atoms with E-state index in [1.807, 2.05) is 12.1 Å². The number of hydrogen-bond donors (Lipinski definition) is 0. The molecule has 0 radical (unpaired) electrons. The van der Waals surface area contributed by atoms with E-state index in [2.05, 4.69) is 181 Å². The molecule has 2 aliphatic heterocycles. The van der Waals surface area contributed by atoms with Crippen LogP contribution in [0.15, 0.2) is 72.8 Å². The number of fused-ring (bicyclic) bond motifs is 6. The normalized spacial score (nSPS) is 20.1. The fraction of sp³-hybridized carbons (Fsp3) is 0.464. The van der Waals surface area contributed by atoms with Crippen LogP contribution in [-0.4, -0.2) is 6.71 Å². The molecule has 3 heteroatoms. The zero-order valence-electron chi connectivity index (χ0n) is 42.0. The molecular weight excluding hydrogens is 711 g/mol. The van der Waals surface area contributed by atoms with Crippen LogP contribution in [0.1, 0.15) is 170 Å². The van der Waals surface area contributed by atoms with Crippen molar-refractivity contribution in [1.82, 2.24) is 0 Å². The molecule has 0 spiro atoms. The number of rotatable bonds is 2. The molecule has 2 heterocycles. The summed E-state index contributed by atoms with van der Waals surface area (Å²) in [5, 5.41) is 0.